The Labute approximate surface area is 186 Å². The van der Waals surface area contributed by atoms with Gasteiger partial charge in [-0.25, -0.2) is 4.79 Å². The van der Waals surface area contributed by atoms with E-state index in [1.165, 1.54) is 0 Å². The van der Waals surface area contributed by atoms with E-state index in [9.17, 15) is 9.59 Å². The lowest BCUT2D eigenvalue weighted by Crippen LogP contribution is -2.24. The van der Waals surface area contributed by atoms with Crippen molar-refractivity contribution in [2.75, 3.05) is 18.5 Å². The Morgan fingerprint density at radius 3 is 2.31 bits per heavy atom. The number of benzene rings is 4. The maximum atomic E-state index is 12.3. The van der Waals surface area contributed by atoms with Gasteiger partial charge in [0.05, 0.1) is 0 Å². The number of amides is 1. The fourth-order valence-corrected chi connectivity index (χ4v) is 3.44. The van der Waals surface area contributed by atoms with E-state index in [4.69, 9.17) is 9.47 Å². The number of esters is 1. The molecule has 0 saturated heterocycles. The lowest BCUT2D eigenvalue weighted by atomic mass is 10.0. The summed E-state index contributed by atoms with van der Waals surface area (Å²) < 4.78 is 10.7. The highest BCUT2D eigenvalue weighted by atomic mass is 16.6. The van der Waals surface area contributed by atoms with E-state index in [1.54, 1.807) is 6.07 Å². The van der Waals surface area contributed by atoms with Gasteiger partial charge < -0.3 is 14.8 Å². The summed E-state index contributed by atoms with van der Waals surface area (Å²) in [5.74, 6) is -0.408. The van der Waals surface area contributed by atoms with Crippen molar-refractivity contribution < 1.29 is 19.1 Å². The summed E-state index contributed by atoms with van der Waals surface area (Å²) in [6.45, 7) is -0.650. The fourth-order valence-electron chi connectivity index (χ4n) is 3.44. The van der Waals surface area contributed by atoms with Crippen molar-refractivity contribution in [2.45, 2.75) is 6.42 Å². The van der Waals surface area contributed by atoms with Crippen LogP contribution in [0.5, 0.6) is 5.75 Å². The Morgan fingerprint density at radius 1 is 0.719 bits per heavy atom. The van der Waals surface area contributed by atoms with Gasteiger partial charge in [-0.2, -0.15) is 0 Å². The molecule has 0 aliphatic heterocycles. The standard InChI is InChI=1S/C27H23NO4/c29-26(28-24-15-7-5-12-22(24)17-20-9-2-1-3-10-20)18-32-27(30)19-31-25-16-8-13-21-11-4-6-14-23(21)25/h1-16H,17-19H2,(H,28,29). The lowest BCUT2D eigenvalue weighted by Gasteiger charge is -2.12. The minimum Gasteiger partial charge on any atom is -0.481 e. The second-order valence-corrected chi connectivity index (χ2v) is 7.29. The highest BCUT2D eigenvalue weighted by Gasteiger charge is 2.12. The fraction of sp³-hybridized carbons (Fsp3) is 0.111. The van der Waals surface area contributed by atoms with Gasteiger partial charge >= 0.3 is 5.97 Å². The number of fused-ring (bicyclic) bond motifs is 1. The molecule has 32 heavy (non-hydrogen) atoms. The van der Waals surface area contributed by atoms with Crippen LogP contribution in [0, 0.1) is 0 Å². The first-order chi connectivity index (χ1) is 15.7. The third-order valence-corrected chi connectivity index (χ3v) is 4.99. The van der Waals surface area contributed by atoms with Gasteiger partial charge in [0.15, 0.2) is 13.2 Å². The van der Waals surface area contributed by atoms with Gasteiger partial charge in [-0.3, -0.25) is 4.79 Å². The zero-order valence-corrected chi connectivity index (χ0v) is 17.5. The first-order valence-electron chi connectivity index (χ1n) is 10.4. The van der Waals surface area contributed by atoms with Crippen LogP contribution in [0.1, 0.15) is 11.1 Å². The predicted molar refractivity (Wildman–Crippen MR) is 125 cm³/mol. The molecule has 0 bridgehead atoms. The second kappa shape index (κ2) is 10.3. The molecule has 1 amide bonds. The molecule has 0 unspecified atom stereocenters. The monoisotopic (exact) mass is 425 g/mol. The quantitative estimate of drug-likeness (QED) is 0.404. The molecule has 4 aromatic carbocycles. The average Bonchev–Trinajstić information content (AvgIpc) is 2.83. The number of para-hydroxylation sites is 1. The van der Waals surface area contributed by atoms with Gasteiger partial charge in [0.1, 0.15) is 5.75 Å². The molecule has 0 spiro atoms. The number of nitrogens with one attached hydrogen (secondary N) is 1. The smallest absolute Gasteiger partial charge is 0.344 e. The number of carbonyl (C=O) groups excluding carboxylic acids is 2. The molecule has 0 fully saturated rings. The van der Waals surface area contributed by atoms with E-state index in [1.807, 2.05) is 91.0 Å². The van der Waals surface area contributed by atoms with Gasteiger partial charge in [-0.1, -0.05) is 84.9 Å². The van der Waals surface area contributed by atoms with E-state index in [-0.39, 0.29) is 13.2 Å². The van der Waals surface area contributed by atoms with E-state index >= 15 is 0 Å². The summed E-state index contributed by atoms with van der Waals surface area (Å²) in [6.07, 6.45) is 0.690. The summed E-state index contributed by atoms with van der Waals surface area (Å²) in [6, 6.07) is 31.0. The minimum absolute atomic E-state index is 0.272. The molecule has 4 aromatic rings. The number of hydrogen-bond donors (Lipinski definition) is 1. The van der Waals surface area contributed by atoms with Crippen LogP contribution >= 0.6 is 0 Å². The number of carbonyl (C=O) groups is 2. The predicted octanol–water partition coefficient (Wildman–Crippen LogP) is 4.99. The maximum Gasteiger partial charge on any atom is 0.344 e. The first-order valence-corrected chi connectivity index (χ1v) is 10.4. The van der Waals surface area contributed by atoms with Crippen molar-refractivity contribution >= 4 is 28.3 Å². The van der Waals surface area contributed by atoms with Crippen LogP contribution in [-0.2, 0) is 20.7 Å². The lowest BCUT2D eigenvalue weighted by molar-refractivity contribution is -0.149. The molecule has 160 valence electrons. The molecule has 0 atom stereocenters. The van der Waals surface area contributed by atoms with Crippen molar-refractivity contribution in [3.05, 3.63) is 108 Å². The topological polar surface area (TPSA) is 64.6 Å². The largest absolute Gasteiger partial charge is 0.481 e. The van der Waals surface area contributed by atoms with Gasteiger partial charge in [0.25, 0.3) is 5.91 Å². The van der Waals surface area contributed by atoms with E-state index < -0.39 is 11.9 Å². The van der Waals surface area contributed by atoms with Crippen LogP contribution in [0.25, 0.3) is 10.8 Å². The van der Waals surface area contributed by atoms with Crippen molar-refractivity contribution in [3.8, 4) is 5.75 Å². The van der Waals surface area contributed by atoms with Gasteiger partial charge in [0, 0.05) is 11.1 Å². The van der Waals surface area contributed by atoms with Crippen LogP contribution in [0.3, 0.4) is 0 Å². The van der Waals surface area contributed by atoms with Gasteiger partial charge in [0.2, 0.25) is 0 Å². The molecule has 1 N–H and O–H groups in total. The van der Waals surface area contributed by atoms with Crippen molar-refractivity contribution in [1.82, 2.24) is 0 Å². The molecular formula is C27H23NO4. The van der Waals surface area contributed by atoms with E-state index in [0.717, 1.165) is 21.9 Å². The van der Waals surface area contributed by atoms with Gasteiger partial charge in [-0.15, -0.1) is 0 Å². The maximum absolute atomic E-state index is 12.3. The second-order valence-electron chi connectivity index (χ2n) is 7.29. The van der Waals surface area contributed by atoms with Crippen LogP contribution in [0.4, 0.5) is 5.69 Å². The highest BCUT2D eigenvalue weighted by molar-refractivity contribution is 5.93. The Kier molecular flexibility index (Phi) is 6.78. The SMILES string of the molecule is O=C(COC(=O)COc1cccc2ccccc12)Nc1ccccc1Cc1ccccc1. The summed E-state index contributed by atoms with van der Waals surface area (Å²) in [5.41, 5.74) is 2.83. The molecule has 0 aromatic heterocycles. The van der Waals surface area contributed by atoms with Crippen LogP contribution < -0.4 is 10.1 Å². The molecule has 4 rings (SSSR count). The number of ether oxygens (including phenoxy) is 2. The summed E-state index contributed by atoms with van der Waals surface area (Å²) >= 11 is 0. The molecule has 5 nitrogen and oxygen atoms in total. The van der Waals surface area contributed by atoms with Crippen LogP contribution in [0.15, 0.2) is 97.1 Å². The van der Waals surface area contributed by atoms with Crippen molar-refractivity contribution in [2.24, 2.45) is 0 Å². The average molecular weight is 425 g/mol. The first kappa shape index (κ1) is 21.1. The van der Waals surface area contributed by atoms with Crippen molar-refractivity contribution in [1.29, 1.82) is 0 Å². The zero-order chi connectivity index (χ0) is 22.2. The molecule has 0 aliphatic carbocycles. The molecular weight excluding hydrogens is 402 g/mol. The summed E-state index contributed by atoms with van der Waals surface area (Å²) in [5, 5.41) is 4.76. The van der Waals surface area contributed by atoms with Crippen LogP contribution in [-0.4, -0.2) is 25.1 Å². The van der Waals surface area contributed by atoms with E-state index in [2.05, 4.69) is 5.32 Å². The summed E-state index contributed by atoms with van der Waals surface area (Å²) in [7, 11) is 0. The molecule has 5 heteroatoms. The Hall–Kier alpha value is -4.12. The Morgan fingerprint density at radius 2 is 1.44 bits per heavy atom. The normalized spacial score (nSPS) is 10.5. The number of rotatable bonds is 8. The highest BCUT2D eigenvalue weighted by Crippen LogP contribution is 2.25. The van der Waals surface area contributed by atoms with Crippen LogP contribution in [0.2, 0.25) is 0 Å². The van der Waals surface area contributed by atoms with E-state index in [0.29, 0.717) is 17.9 Å². The molecule has 0 heterocycles. The third-order valence-electron chi connectivity index (χ3n) is 4.99. The van der Waals surface area contributed by atoms with Gasteiger partial charge in [-0.05, 0) is 35.1 Å². The zero-order valence-electron chi connectivity index (χ0n) is 17.5. The van der Waals surface area contributed by atoms with Crippen molar-refractivity contribution in [3.63, 3.8) is 0 Å². The molecule has 0 aliphatic rings. The molecule has 0 saturated carbocycles. The number of anilines is 1. The number of hydrogen-bond acceptors (Lipinski definition) is 4. The molecule has 0 radical (unpaired) electrons. The third kappa shape index (κ3) is 5.52. The Balaban J connectivity index is 1.29. The minimum atomic E-state index is -0.606. The summed E-state index contributed by atoms with van der Waals surface area (Å²) in [4.78, 5) is 24.4. The Bertz CT molecular complexity index is 1220.